The molecule has 5 heteroatoms. The first-order chi connectivity index (χ1) is 12.6. The zero-order valence-electron chi connectivity index (χ0n) is 14.9. The number of carbonyl (C=O) groups excluding carboxylic acids is 1. The average Bonchev–Trinajstić information content (AvgIpc) is 2.69. The van der Waals surface area contributed by atoms with Gasteiger partial charge in [-0.1, -0.05) is 36.4 Å². The molecule has 136 valence electrons. The van der Waals surface area contributed by atoms with Crippen LogP contribution in [0.4, 0.5) is 0 Å². The second kappa shape index (κ2) is 7.60. The van der Waals surface area contributed by atoms with Crippen LogP contribution >= 0.6 is 0 Å². The Balaban J connectivity index is 1.75. The molecule has 1 fully saturated rings. The highest BCUT2D eigenvalue weighted by molar-refractivity contribution is 5.94. The largest absolute Gasteiger partial charge is 0.496 e. The number of para-hydroxylation sites is 1. The molecule has 0 bridgehead atoms. The van der Waals surface area contributed by atoms with Crippen LogP contribution in [0.25, 0.3) is 0 Å². The molecular formula is C21H23NO4. The van der Waals surface area contributed by atoms with E-state index in [1.54, 1.807) is 24.1 Å². The van der Waals surface area contributed by atoms with Crippen molar-refractivity contribution in [3.8, 4) is 5.75 Å². The average molecular weight is 353 g/mol. The summed E-state index contributed by atoms with van der Waals surface area (Å²) in [6, 6.07) is 16.6. The van der Waals surface area contributed by atoms with Crippen LogP contribution in [-0.4, -0.2) is 42.1 Å². The Morgan fingerprint density at radius 1 is 1.04 bits per heavy atom. The molecule has 2 aromatic rings. The van der Waals surface area contributed by atoms with Gasteiger partial charge in [0.1, 0.15) is 5.75 Å². The Bertz CT molecular complexity index is 780. The van der Waals surface area contributed by atoms with Crippen molar-refractivity contribution in [2.45, 2.75) is 19.3 Å². The highest BCUT2D eigenvalue weighted by Gasteiger charge is 2.43. The van der Waals surface area contributed by atoms with Crippen molar-refractivity contribution in [2.75, 3.05) is 20.2 Å². The number of rotatable bonds is 5. The van der Waals surface area contributed by atoms with E-state index in [2.05, 4.69) is 0 Å². The molecule has 0 spiro atoms. The molecule has 26 heavy (non-hydrogen) atoms. The van der Waals surface area contributed by atoms with E-state index in [4.69, 9.17) is 4.74 Å². The lowest BCUT2D eigenvalue weighted by atomic mass is 9.73. The monoisotopic (exact) mass is 353 g/mol. The number of carbonyl (C=O) groups is 2. The van der Waals surface area contributed by atoms with Gasteiger partial charge in [0.25, 0.3) is 5.91 Å². The van der Waals surface area contributed by atoms with Gasteiger partial charge in [0.2, 0.25) is 0 Å². The molecule has 0 aromatic heterocycles. The van der Waals surface area contributed by atoms with Crippen LogP contribution in [0.15, 0.2) is 54.6 Å². The van der Waals surface area contributed by atoms with Gasteiger partial charge < -0.3 is 14.7 Å². The zero-order valence-corrected chi connectivity index (χ0v) is 14.9. The smallest absolute Gasteiger partial charge is 0.310 e. The summed E-state index contributed by atoms with van der Waals surface area (Å²) >= 11 is 0. The summed E-state index contributed by atoms with van der Waals surface area (Å²) in [5.74, 6) is -0.145. The normalized spacial score (nSPS) is 16.1. The molecule has 0 atom stereocenters. The molecule has 1 N–H and O–H groups in total. The van der Waals surface area contributed by atoms with Crippen LogP contribution in [0.3, 0.4) is 0 Å². The Morgan fingerprint density at radius 2 is 1.65 bits per heavy atom. The lowest BCUT2D eigenvalue weighted by Crippen LogP contribution is -2.47. The maximum Gasteiger partial charge on any atom is 0.310 e. The fraction of sp³-hybridized carbons (Fsp3) is 0.333. The number of amides is 1. The van der Waals surface area contributed by atoms with Gasteiger partial charge >= 0.3 is 5.97 Å². The van der Waals surface area contributed by atoms with E-state index in [0.717, 1.165) is 5.56 Å². The molecule has 2 aromatic carbocycles. The molecule has 1 saturated heterocycles. The topological polar surface area (TPSA) is 66.8 Å². The molecule has 5 nitrogen and oxygen atoms in total. The van der Waals surface area contributed by atoms with Gasteiger partial charge in [-0.15, -0.1) is 0 Å². The van der Waals surface area contributed by atoms with Gasteiger partial charge in [0.15, 0.2) is 0 Å². The van der Waals surface area contributed by atoms with Crippen molar-refractivity contribution in [1.29, 1.82) is 0 Å². The summed E-state index contributed by atoms with van der Waals surface area (Å²) in [5, 5.41) is 9.91. The minimum absolute atomic E-state index is 0.0399. The van der Waals surface area contributed by atoms with Gasteiger partial charge in [-0.3, -0.25) is 9.59 Å². The van der Waals surface area contributed by atoms with Crippen LogP contribution in [-0.2, 0) is 11.2 Å². The molecule has 1 heterocycles. The highest BCUT2D eigenvalue weighted by Crippen LogP contribution is 2.38. The van der Waals surface area contributed by atoms with Gasteiger partial charge in [0.05, 0.1) is 12.5 Å². The first-order valence-corrected chi connectivity index (χ1v) is 8.75. The van der Waals surface area contributed by atoms with Crippen LogP contribution < -0.4 is 4.74 Å². The van der Waals surface area contributed by atoms with E-state index < -0.39 is 11.4 Å². The number of aliphatic carboxylic acids is 1. The summed E-state index contributed by atoms with van der Waals surface area (Å²) < 4.78 is 5.37. The van der Waals surface area contributed by atoms with Gasteiger partial charge in [-0.05, 0) is 43.0 Å². The molecule has 1 aliphatic rings. The number of carboxylic acids is 1. The number of nitrogens with zero attached hydrogens (tertiary/aromatic N) is 1. The second-order valence-corrected chi connectivity index (χ2v) is 6.73. The standard InChI is InChI=1S/C21H23NO4/c1-26-18-10-6-5-9-17(18)15-21(20(24)25)11-13-22(14-12-21)19(23)16-7-3-2-4-8-16/h2-10H,11-15H2,1H3,(H,24,25). The number of carboxylic acid groups (broad SMARTS) is 1. The summed E-state index contributed by atoms with van der Waals surface area (Å²) in [5.41, 5.74) is 0.655. The SMILES string of the molecule is COc1ccccc1CC1(C(=O)O)CCN(C(=O)c2ccccc2)CC1. The molecule has 0 unspecified atom stereocenters. The first kappa shape index (κ1) is 18.0. The minimum atomic E-state index is -0.873. The maximum absolute atomic E-state index is 12.6. The Kier molecular flexibility index (Phi) is 5.26. The third-order valence-corrected chi connectivity index (χ3v) is 5.20. The molecule has 0 saturated carbocycles. The van der Waals surface area contributed by atoms with Crippen molar-refractivity contribution in [3.05, 3.63) is 65.7 Å². The third kappa shape index (κ3) is 3.57. The Hall–Kier alpha value is -2.82. The summed E-state index contributed by atoms with van der Waals surface area (Å²) in [6.07, 6.45) is 1.26. The van der Waals surface area contributed by atoms with Crippen molar-refractivity contribution >= 4 is 11.9 Å². The number of benzene rings is 2. The lowest BCUT2D eigenvalue weighted by Gasteiger charge is -2.39. The van der Waals surface area contributed by atoms with E-state index >= 15 is 0 Å². The number of ether oxygens (including phenoxy) is 1. The van der Waals surface area contributed by atoms with E-state index in [0.29, 0.717) is 43.7 Å². The van der Waals surface area contributed by atoms with E-state index in [-0.39, 0.29) is 5.91 Å². The molecule has 1 amide bonds. The molecule has 3 rings (SSSR count). The van der Waals surface area contributed by atoms with Crippen LogP contribution in [0, 0.1) is 5.41 Å². The van der Waals surface area contributed by atoms with Crippen LogP contribution in [0.5, 0.6) is 5.75 Å². The molecular weight excluding hydrogens is 330 g/mol. The van der Waals surface area contributed by atoms with E-state index in [9.17, 15) is 14.7 Å². The Labute approximate surface area is 153 Å². The summed E-state index contributed by atoms with van der Waals surface area (Å²) in [7, 11) is 1.59. The summed E-state index contributed by atoms with van der Waals surface area (Å²) in [6.45, 7) is 0.879. The number of hydrogen-bond donors (Lipinski definition) is 1. The predicted molar refractivity (Wildman–Crippen MR) is 98.3 cm³/mol. The van der Waals surface area contributed by atoms with Crippen LogP contribution in [0.2, 0.25) is 0 Å². The first-order valence-electron chi connectivity index (χ1n) is 8.75. The quantitative estimate of drug-likeness (QED) is 0.896. The van der Waals surface area contributed by atoms with Crippen molar-refractivity contribution in [3.63, 3.8) is 0 Å². The molecule has 0 radical (unpaired) electrons. The predicted octanol–water partition coefficient (Wildman–Crippen LogP) is 3.24. The van der Waals surface area contributed by atoms with Crippen molar-refractivity contribution in [2.24, 2.45) is 5.41 Å². The van der Waals surface area contributed by atoms with Gasteiger partial charge in [-0.25, -0.2) is 0 Å². The minimum Gasteiger partial charge on any atom is -0.496 e. The fourth-order valence-electron chi connectivity index (χ4n) is 3.58. The third-order valence-electron chi connectivity index (χ3n) is 5.20. The molecule has 0 aliphatic carbocycles. The number of methoxy groups -OCH3 is 1. The Morgan fingerprint density at radius 3 is 2.27 bits per heavy atom. The van der Waals surface area contributed by atoms with Crippen molar-refractivity contribution in [1.82, 2.24) is 4.90 Å². The number of likely N-dealkylation sites (tertiary alicyclic amines) is 1. The van der Waals surface area contributed by atoms with E-state index in [1.807, 2.05) is 42.5 Å². The van der Waals surface area contributed by atoms with E-state index in [1.165, 1.54) is 0 Å². The van der Waals surface area contributed by atoms with Gasteiger partial charge in [0, 0.05) is 18.7 Å². The number of piperidine rings is 1. The zero-order chi connectivity index (χ0) is 18.6. The van der Waals surface area contributed by atoms with Crippen molar-refractivity contribution < 1.29 is 19.4 Å². The van der Waals surface area contributed by atoms with Crippen LogP contribution in [0.1, 0.15) is 28.8 Å². The molecule has 1 aliphatic heterocycles. The lowest BCUT2D eigenvalue weighted by molar-refractivity contribution is -0.151. The maximum atomic E-state index is 12.6. The second-order valence-electron chi connectivity index (χ2n) is 6.73. The summed E-state index contributed by atoms with van der Waals surface area (Å²) in [4.78, 5) is 26.4. The number of hydrogen-bond acceptors (Lipinski definition) is 3. The fourth-order valence-corrected chi connectivity index (χ4v) is 3.58. The van der Waals surface area contributed by atoms with Gasteiger partial charge in [-0.2, -0.15) is 0 Å². The highest BCUT2D eigenvalue weighted by atomic mass is 16.5.